The maximum Gasteiger partial charge on any atom is 0.0406 e. The molecule has 1 fully saturated rings. The van der Waals surface area contributed by atoms with E-state index in [4.69, 9.17) is 11.6 Å². The highest BCUT2D eigenvalue weighted by Gasteiger charge is 2.26. The molecule has 0 aliphatic carbocycles. The molecule has 1 aliphatic rings. The Morgan fingerprint density at radius 1 is 1.29 bits per heavy atom. The van der Waals surface area contributed by atoms with Gasteiger partial charge in [-0.3, -0.25) is 0 Å². The maximum atomic E-state index is 5.96. The Hall–Kier alpha value is -0.530. The molecule has 1 aromatic carbocycles. The number of benzene rings is 1. The van der Waals surface area contributed by atoms with E-state index in [9.17, 15) is 0 Å². The van der Waals surface area contributed by atoms with Crippen LogP contribution in [0, 0.1) is 11.8 Å². The number of piperidine rings is 1. The summed E-state index contributed by atoms with van der Waals surface area (Å²) in [5.41, 5.74) is 1.46. The Bertz CT molecular complexity index is 344. The summed E-state index contributed by atoms with van der Waals surface area (Å²) < 4.78 is 0. The topological polar surface area (TPSA) is 12.0 Å². The van der Waals surface area contributed by atoms with Crippen LogP contribution in [0.2, 0.25) is 5.02 Å². The van der Waals surface area contributed by atoms with Gasteiger partial charge in [0.2, 0.25) is 0 Å². The van der Waals surface area contributed by atoms with Crippen LogP contribution in [0.15, 0.2) is 24.3 Å². The van der Waals surface area contributed by atoms with E-state index >= 15 is 0 Å². The third-order valence-corrected chi connectivity index (χ3v) is 3.93. The molecule has 2 atom stereocenters. The van der Waals surface area contributed by atoms with E-state index in [1.165, 1.54) is 18.4 Å². The molecule has 0 aromatic heterocycles. The van der Waals surface area contributed by atoms with Crippen LogP contribution in [-0.2, 0) is 0 Å². The molecule has 1 N–H and O–H groups in total. The number of halogens is 1. The fourth-order valence-electron chi connectivity index (χ4n) is 2.92. The van der Waals surface area contributed by atoms with Crippen molar-refractivity contribution in [1.29, 1.82) is 0 Å². The number of hydrogen-bond acceptors (Lipinski definition) is 1. The van der Waals surface area contributed by atoms with Gasteiger partial charge in [0.25, 0.3) is 0 Å². The van der Waals surface area contributed by atoms with Crippen molar-refractivity contribution < 1.29 is 0 Å². The van der Waals surface area contributed by atoms with Crippen molar-refractivity contribution in [2.75, 3.05) is 13.1 Å². The van der Waals surface area contributed by atoms with E-state index in [0.717, 1.165) is 29.9 Å². The standard InChI is InChI=1S/C15H22ClN/c1-11(2)9-13-10-17-8-7-15(13)12-3-5-14(16)6-4-12/h3-6,11,13,15,17H,7-10H2,1-2H3. The highest BCUT2D eigenvalue weighted by Crippen LogP contribution is 2.34. The fraction of sp³-hybridized carbons (Fsp3) is 0.600. The first kappa shape index (κ1) is 12.9. The lowest BCUT2D eigenvalue weighted by molar-refractivity contribution is 0.280. The predicted octanol–water partition coefficient (Wildman–Crippen LogP) is 4.08. The van der Waals surface area contributed by atoms with E-state index < -0.39 is 0 Å². The minimum absolute atomic E-state index is 0.705. The second-order valence-electron chi connectivity index (χ2n) is 5.54. The van der Waals surface area contributed by atoms with Crippen molar-refractivity contribution in [2.45, 2.75) is 32.6 Å². The van der Waals surface area contributed by atoms with Crippen LogP contribution in [0.5, 0.6) is 0 Å². The van der Waals surface area contributed by atoms with Gasteiger partial charge >= 0.3 is 0 Å². The summed E-state index contributed by atoms with van der Waals surface area (Å²) in [5.74, 6) is 2.25. The van der Waals surface area contributed by atoms with Crippen molar-refractivity contribution in [1.82, 2.24) is 5.32 Å². The van der Waals surface area contributed by atoms with Gasteiger partial charge in [0.15, 0.2) is 0 Å². The molecule has 2 heteroatoms. The third kappa shape index (κ3) is 3.46. The van der Waals surface area contributed by atoms with Crippen molar-refractivity contribution in [3.8, 4) is 0 Å². The van der Waals surface area contributed by atoms with Crippen molar-refractivity contribution >= 4 is 11.6 Å². The lowest BCUT2D eigenvalue weighted by atomic mass is 9.77. The molecular weight excluding hydrogens is 230 g/mol. The van der Waals surface area contributed by atoms with Crippen LogP contribution < -0.4 is 5.32 Å². The van der Waals surface area contributed by atoms with Crippen LogP contribution >= 0.6 is 11.6 Å². The first-order valence-corrected chi connectivity index (χ1v) is 7.01. The molecule has 17 heavy (non-hydrogen) atoms. The molecule has 0 saturated carbocycles. The van der Waals surface area contributed by atoms with Gasteiger partial charge in [0.1, 0.15) is 0 Å². The summed E-state index contributed by atoms with van der Waals surface area (Å²) in [4.78, 5) is 0. The van der Waals surface area contributed by atoms with E-state index in [1.807, 2.05) is 12.1 Å². The second-order valence-corrected chi connectivity index (χ2v) is 5.98. The van der Waals surface area contributed by atoms with Gasteiger partial charge in [0.05, 0.1) is 0 Å². The first-order valence-electron chi connectivity index (χ1n) is 6.63. The molecule has 0 bridgehead atoms. The number of nitrogens with one attached hydrogen (secondary N) is 1. The van der Waals surface area contributed by atoms with E-state index in [0.29, 0.717) is 5.92 Å². The minimum Gasteiger partial charge on any atom is -0.316 e. The normalized spacial score (nSPS) is 25.2. The zero-order valence-electron chi connectivity index (χ0n) is 10.7. The van der Waals surface area contributed by atoms with Gasteiger partial charge in [-0.1, -0.05) is 37.6 Å². The predicted molar refractivity (Wildman–Crippen MR) is 74.6 cm³/mol. The van der Waals surface area contributed by atoms with Gasteiger partial charge in [0, 0.05) is 5.02 Å². The molecule has 1 saturated heterocycles. The fourth-order valence-corrected chi connectivity index (χ4v) is 3.05. The van der Waals surface area contributed by atoms with Crippen LogP contribution in [0.4, 0.5) is 0 Å². The maximum absolute atomic E-state index is 5.96. The quantitative estimate of drug-likeness (QED) is 0.854. The molecule has 1 nitrogen and oxygen atoms in total. The molecule has 0 spiro atoms. The zero-order chi connectivity index (χ0) is 12.3. The van der Waals surface area contributed by atoms with E-state index in [1.54, 1.807) is 0 Å². The monoisotopic (exact) mass is 251 g/mol. The smallest absolute Gasteiger partial charge is 0.0406 e. The highest BCUT2D eigenvalue weighted by molar-refractivity contribution is 6.30. The summed E-state index contributed by atoms with van der Waals surface area (Å²) in [7, 11) is 0. The lowest BCUT2D eigenvalue weighted by Gasteiger charge is -2.33. The molecule has 1 heterocycles. The van der Waals surface area contributed by atoms with Crippen LogP contribution in [0.25, 0.3) is 0 Å². The van der Waals surface area contributed by atoms with Crippen LogP contribution in [0.1, 0.15) is 38.2 Å². The third-order valence-electron chi connectivity index (χ3n) is 3.68. The van der Waals surface area contributed by atoms with Gasteiger partial charge < -0.3 is 5.32 Å². The Labute approximate surface area is 110 Å². The summed E-state index contributed by atoms with van der Waals surface area (Å²) in [5, 5.41) is 4.36. The van der Waals surface area contributed by atoms with Crippen molar-refractivity contribution in [2.24, 2.45) is 11.8 Å². The summed E-state index contributed by atoms with van der Waals surface area (Å²) in [6, 6.07) is 8.44. The van der Waals surface area contributed by atoms with Crippen LogP contribution in [0.3, 0.4) is 0 Å². The highest BCUT2D eigenvalue weighted by atomic mass is 35.5. The number of hydrogen-bond donors (Lipinski definition) is 1. The largest absolute Gasteiger partial charge is 0.316 e. The second kappa shape index (κ2) is 5.88. The van der Waals surface area contributed by atoms with E-state index in [-0.39, 0.29) is 0 Å². The number of rotatable bonds is 3. The molecule has 2 rings (SSSR count). The minimum atomic E-state index is 0.705. The van der Waals surface area contributed by atoms with Crippen molar-refractivity contribution in [3.63, 3.8) is 0 Å². The molecule has 0 radical (unpaired) electrons. The average molecular weight is 252 g/mol. The molecule has 1 aromatic rings. The van der Waals surface area contributed by atoms with Crippen LogP contribution in [-0.4, -0.2) is 13.1 Å². The molecule has 1 aliphatic heterocycles. The average Bonchev–Trinajstić information content (AvgIpc) is 2.30. The molecular formula is C15H22ClN. The molecule has 2 unspecified atom stereocenters. The zero-order valence-corrected chi connectivity index (χ0v) is 11.5. The van der Waals surface area contributed by atoms with Crippen molar-refractivity contribution in [3.05, 3.63) is 34.9 Å². The van der Waals surface area contributed by atoms with E-state index in [2.05, 4.69) is 31.3 Å². The van der Waals surface area contributed by atoms with Gasteiger partial charge in [-0.05, 0) is 61.4 Å². The molecule has 0 amide bonds. The Kier molecular flexibility index (Phi) is 4.47. The van der Waals surface area contributed by atoms with Gasteiger partial charge in [-0.2, -0.15) is 0 Å². The Morgan fingerprint density at radius 2 is 2.00 bits per heavy atom. The first-order chi connectivity index (χ1) is 8.16. The van der Waals surface area contributed by atoms with Gasteiger partial charge in [-0.15, -0.1) is 0 Å². The Morgan fingerprint density at radius 3 is 2.65 bits per heavy atom. The lowest BCUT2D eigenvalue weighted by Crippen LogP contribution is -2.36. The van der Waals surface area contributed by atoms with Gasteiger partial charge in [-0.25, -0.2) is 0 Å². The Balaban J connectivity index is 2.12. The molecule has 94 valence electrons. The summed E-state index contributed by atoms with van der Waals surface area (Å²) >= 11 is 5.96. The summed E-state index contributed by atoms with van der Waals surface area (Å²) in [6.45, 7) is 6.93. The summed E-state index contributed by atoms with van der Waals surface area (Å²) in [6.07, 6.45) is 2.55. The SMILES string of the molecule is CC(C)CC1CNCCC1c1ccc(Cl)cc1.